The normalized spacial score (nSPS) is 13.0. The van der Waals surface area contributed by atoms with Gasteiger partial charge >= 0.3 is 5.97 Å². The van der Waals surface area contributed by atoms with Crippen LogP contribution in [0.5, 0.6) is 0 Å². The maximum atomic E-state index is 12.5. The summed E-state index contributed by atoms with van der Waals surface area (Å²) < 4.78 is 7.52. The lowest BCUT2D eigenvalue weighted by atomic mass is 10.2. The molecule has 0 unspecified atom stereocenters. The number of rotatable bonds is 4. The van der Waals surface area contributed by atoms with Crippen LogP contribution in [0.25, 0.3) is 15.9 Å². The van der Waals surface area contributed by atoms with Gasteiger partial charge in [-0.15, -0.1) is 11.3 Å². The molecule has 0 amide bonds. The number of H-pyrrole nitrogens is 1. The summed E-state index contributed by atoms with van der Waals surface area (Å²) in [5, 5.41) is 0.703. The van der Waals surface area contributed by atoms with Gasteiger partial charge in [-0.3, -0.25) is 4.79 Å². The predicted octanol–water partition coefficient (Wildman–Crippen LogP) is 4.24. The minimum absolute atomic E-state index is 0.0653. The van der Waals surface area contributed by atoms with Crippen molar-refractivity contribution in [2.75, 3.05) is 0 Å². The molecule has 0 saturated heterocycles. The molecule has 0 atom stereocenters. The Morgan fingerprint density at radius 3 is 2.60 bits per heavy atom. The van der Waals surface area contributed by atoms with Gasteiger partial charge in [-0.1, -0.05) is 0 Å². The van der Waals surface area contributed by atoms with E-state index in [4.69, 9.17) is 4.74 Å². The van der Waals surface area contributed by atoms with Crippen LogP contribution in [0, 0.1) is 13.8 Å². The first-order chi connectivity index (χ1) is 14.5. The van der Waals surface area contributed by atoms with Gasteiger partial charge in [0.05, 0.1) is 10.9 Å². The van der Waals surface area contributed by atoms with Crippen molar-refractivity contribution in [1.82, 2.24) is 14.5 Å². The summed E-state index contributed by atoms with van der Waals surface area (Å²) in [6, 6.07) is 11.4. The van der Waals surface area contributed by atoms with Crippen LogP contribution in [-0.4, -0.2) is 20.5 Å². The molecule has 1 aliphatic rings. The zero-order valence-electron chi connectivity index (χ0n) is 16.8. The lowest BCUT2D eigenvalue weighted by Crippen LogP contribution is -2.14. The maximum absolute atomic E-state index is 12.5. The molecule has 30 heavy (non-hydrogen) atoms. The number of nitrogens with one attached hydrogen (secondary N) is 1. The summed E-state index contributed by atoms with van der Waals surface area (Å²) in [7, 11) is 0. The van der Waals surface area contributed by atoms with Gasteiger partial charge < -0.3 is 14.3 Å². The first kappa shape index (κ1) is 18.8. The number of benzene rings is 1. The Hall–Kier alpha value is -3.19. The molecule has 5 rings (SSSR count). The van der Waals surface area contributed by atoms with E-state index in [1.54, 1.807) is 23.5 Å². The van der Waals surface area contributed by atoms with Gasteiger partial charge in [0.15, 0.2) is 0 Å². The number of carbonyl (C=O) groups is 1. The molecule has 0 bridgehead atoms. The Morgan fingerprint density at radius 1 is 1.13 bits per heavy atom. The van der Waals surface area contributed by atoms with E-state index in [0.29, 0.717) is 16.8 Å². The van der Waals surface area contributed by atoms with Crippen LogP contribution in [0.3, 0.4) is 0 Å². The van der Waals surface area contributed by atoms with Crippen LogP contribution in [0.15, 0.2) is 41.2 Å². The van der Waals surface area contributed by atoms with Crippen LogP contribution < -0.4 is 5.56 Å². The van der Waals surface area contributed by atoms with Crippen LogP contribution >= 0.6 is 11.3 Å². The Balaban J connectivity index is 1.32. The van der Waals surface area contributed by atoms with Crippen LogP contribution in [0.4, 0.5) is 0 Å². The smallest absolute Gasteiger partial charge is 0.338 e. The zero-order chi connectivity index (χ0) is 20.8. The second kappa shape index (κ2) is 7.25. The molecule has 3 aromatic heterocycles. The molecule has 152 valence electrons. The van der Waals surface area contributed by atoms with E-state index in [1.165, 1.54) is 4.88 Å². The highest BCUT2D eigenvalue weighted by Crippen LogP contribution is 2.34. The summed E-state index contributed by atoms with van der Waals surface area (Å²) in [5.41, 5.74) is 4.71. The average molecular weight is 420 g/mol. The summed E-state index contributed by atoms with van der Waals surface area (Å²) in [4.78, 5) is 34.2. The van der Waals surface area contributed by atoms with Crippen molar-refractivity contribution in [2.45, 2.75) is 39.7 Å². The third-order valence-electron chi connectivity index (χ3n) is 5.60. The van der Waals surface area contributed by atoms with E-state index >= 15 is 0 Å². The van der Waals surface area contributed by atoms with Gasteiger partial charge in [0.1, 0.15) is 17.3 Å². The Kier molecular flexibility index (Phi) is 4.55. The van der Waals surface area contributed by atoms with Gasteiger partial charge in [0.2, 0.25) is 0 Å². The monoisotopic (exact) mass is 419 g/mol. The summed E-state index contributed by atoms with van der Waals surface area (Å²) in [6.45, 7) is 4.02. The molecule has 1 aromatic carbocycles. The van der Waals surface area contributed by atoms with Gasteiger partial charge in [-0.2, -0.15) is 0 Å². The van der Waals surface area contributed by atoms with Gasteiger partial charge in [0, 0.05) is 22.0 Å². The molecular formula is C23H21N3O3S. The first-order valence-corrected chi connectivity index (χ1v) is 10.8. The molecule has 0 spiro atoms. The predicted molar refractivity (Wildman–Crippen MR) is 117 cm³/mol. The molecular weight excluding hydrogens is 398 g/mol. The fourth-order valence-corrected chi connectivity index (χ4v) is 5.44. The number of esters is 1. The number of nitrogens with zero attached hydrogens (tertiary/aromatic N) is 2. The molecule has 4 aromatic rings. The number of aromatic nitrogens is 3. The molecule has 1 aliphatic carbocycles. The molecule has 7 heteroatoms. The van der Waals surface area contributed by atoms with E-state index in [1.807, 2.05) is 26.0 Å². The number of ether oxygens (including phenoxy) is 1. The van der Waals surface area contributed by atoms with E-state index in [2.05, 4.69) is 26.7 Å². The number of aryl methyl sites for hydroxylation is 4. The van der Waals surface area contributed by atoms with Gasteiger partial charge in [0.25, 0.3) is 5.56 Å². The summed E-state index contributed by atoms with van der Waals surface area (Å²) >= 11 is 1.57. The van der Waals surface area contributed by atoms with Crippen molar-refractivity contribution >= 4 is 27.5 Å². The number of hydrogen-bond acceptors (Lipinski definition) is 5. The van der Waals surface area contributed by atoms with E-state index in [9.17, 15) is 9.59 Å². The van der Waals surface area contributed by atoms with Crippen LogP contribution in [0.1, 0.15) is 44.4 Å². The molecule has 0 radical (unpaired) electrons. The van der Waals surface area contributed by atoms with E-state index < -0.39 is 5.97 Å². The van der Waals surface area contributed by atoms with E-state index in [-0.39, 0.29) is 12.2 Å². The van der Waals surface area contributed by atoms with E-state index in [0.717, 1.165) is 46.7 Å². The van der Waals surface area contributed by atoms with Gasteiger partial charge in [-0.05, 0) is 75.1 Å². The third kappa shape index (κ3) is 3.15. The lowest BCUT2D eigenvalue weighted by Gasteiger charge is -2.10. The second-order valence-electron chi connectivity index (χ2n) is 7.62. The minimum Gasteiger partial charge on any atom is -0.454 e. The van der Waals surface area contributed by atoms with Crippen molar-refractivity contribution < 1.29 is 9.53 Å². The Labute approximate surface area is 177 Å². The maximum Gasteiger partial charge on any atom is 0.338 e. The highest BCUT2D eigenvalue weighted by atomic mass is 32.1. The topological polar surface area (TPSA) is 77.0 Å². The Morgan fingerprint density at radius 2 is 1.87 bits per heavy atom. The summed E-state index contributed by atoms with van der Waals surface area (Å²) in [5.74, 6) is -0.0742. The highest BCUT2D eigenvalue weighted by Gasteiger charge is 2.21. The van der Waals surface area contributed by atoms with Crippen molar-refractivity contribution in [3.05, 3.63) is 80.0 Å². The highest BCUT2D eigenvalue weighted by molar-refractivity contribution is 7.18. The quantitative estimate of drug-likeness (QED) is 0.502. The molecule has 0 aliphatic heterocycles. The average Bonchev–Trinajstić information content (AvgIpc) is 3.41. The minimum atomic E-state index is -0.445. The molecule has 1 N–H and O–H groups in total. The SMILES string of the molecule is Cc1ccc(C)n1-c1ccc(C(=O)OCc2nc3sc4c(c3c(=O)[nH]2)CCC4)cc1. The third-order valence-corrected chi connectivity index (χ3v) is 6.78. The number of carbonyl (C=O) groups excluding carboxylic acids is 1. The number of aromatic amines is 1. The number of hydrogen-bond donors (Lipinski definition) is 1. The van der Waals surface area contributed by atoms with Crippen molar-refractivity contribution in [3.8, 4) is 5.69 Å². The lowest BCUT2D eigenvalue weighted by molar-refractivity contribution is 0.0462. The van der Waals surface area contributed by atoms with Gasteiger partial charge in [-0.25, -0.2) is 9.78 Å². The van der Waals surface area contributed by atoms with Crippen molar-refractivity contribution in [3.63, 3.8) is 0 Å². The van der Waals surface area contributed by atoms with Crippen molar-refractivity contribution in [2.24, 2.45) is 0 Å². The Bertz CT molecular complexity index is 1310. The molecule has 3 heterocycles. The number of fused-ring (bicyclic) bond motifs is 3. The molecule has 0 fully saturated rings. The summed E-state index contributed by atoms with van der Waals surface area (Å²) in [6.07, 6.45) is 3.04. The first-order valence-electron chi connectivity index (χ1n) is 9.97. The van der Waals surface area contributed by atoms with Crippen LogP contribution in [-0.2, 0) is 24.2 Å². The molecule has 0 saturated carbocycles. The number of thiophene rings is 1. The fraction of sp³-hybridized carbons (Fsp3) is 0.261. The van der Waals surface area contributed by atoms with Crippen molar-refractivity contribution in [1.29, 1.82) is 0 Å². The largest absolute Gasteiger partial charge is 0.454 e. The second-order valence-corrected chi connectivity index (χ2v) is 8.71. The zero-order valence-corrected chi connectivity index (χ0v) is 17.6. The standard InChI is InChI=1S/C23H21N3O3S/c1-13-6-7-14(2)26(13)16-10-8-15(9-11-16)23(28)29-12-19-24-21(27)20-17-4-3-5-18(17)30-22(20)25-19/h6-11H,3-5,12H2,1-2H3,(H,24,25,27). The fourth-order valence-electron chi connectivity index (χ4n) is 4.15. The van der Waals surface area contributed by atoms with Crippen LogP contribution in [0.2, 0.25) is 0 Å². The molecule has 6 nitrogen and oxygen atoms in total.